The third-order valence-corrected chi connectivity index (χ3v) is 4.26. The molecule has 0 saturated heterocycles. The Morgan fingerprint density at radius 3 is 1.89 bits per heavy atom. The molecule has 0 aliphatic rings. The summed E-state index contributed by atoms with van der Waals surface area (Å²) >= 11 is 0. The molecule has 0 atom stereocenters. The maximum absolute atomic E-state index is 12.3. The average Bonchev–Trinajstić information content (AvgIpc) is 2.77. The maximum atomic E-state index is 12.3. The van der Waals surface area contributed by atoms with E-state index in [0.29, 0.717) is 18.8 Å². The van der Waals surface area contributed by atoms with Gasteiger partial charge < -0.3 is 20.1 Å². The second-order valence-electron chi connectivity index (χ2n) is 6.16. The van der Waals surface area contributed by atoms with Crippen LogP contribution in [0, 0.1) is 0 Å². The Morgan fingerprint density at radius 1 is 0.821 bits per heavy atom. The van der Waals surface area contributed by atoms with Crippen LogP contribution in [0.5, 0.6) is 11.5 Å². The normalized spacial score (nSPS) is 10.2. The molecule has 1 amide bonds. The van der Waals surface area contributed by atoms with Gasteiger partial charge in [0.05, 0.1) is 26.1 Å². The van der Waals surface area contributed by atoms with Gasteiger partial charge in [-0.05, 0) is 47.5 Å². The molecule has 0 aliphatic heterocycles. The molecule has 2 aromatic carbocycles. The van der Waals surface area contributed by atoms with Crippen molar-refractivity contribution in [3.63, 3.8) is 0 Å². The van der Waals surface area contributed by atoms with E-state index >= 15 is 0 Å². The fourth-order valence-corrected chi connectivity index (χ4v) is 2.60. The molecule has 6 heteroatoms. The number of hydrogen-bond acceptors (Lipinski definition) is 5. The number of benzene rings is 2. The number of nitrogens with one attached hydrogen (secondary N) is 2. The Kier molecular flexibility index (Phi) is 6.46. The van der Waals surface area contributed by atoms with Crippen LogP contribution in [-0.2, 0) is 13.1 Å². The van der Waals surface area contributed by atoms with E-state index in [9.17, 15) is 4.79 Å². The Labute approximate surface area is 164 Å². The van der Waals surface area contributed by atoms with Gasteiger partial charge in [0.25, 0.3) is 5.91 Å². The molecule has 144 valence electrons. The SMILES string of the molecule is COc1ccc(CNC(=O)c2ccc(NCc3ccc(OC)cc3)cn2)cc1. The van der Waals surface area contributed by atoms with Crippen LogP contribution in [-0.4, -0.2) is 25.1 Å². The number of carbonyl (C=O) groups is 1. The molecule has 0 fully saturated rings. The lowest BCUT2D eigenvalue weighted by molar-refractivity contribution is 0.0946. The molecule has 0 spiro atoms. The van der Waals surface area contributed by atoms with E-state index in [1.807, 2.05) is 54.6 Å². The van der Waals surface area contributed by atoms with Gasteiger partial charge in [-0.1, -0.05) is 24.3 Å². The van der Waals surface area contributed by atoms with E-state index < -0.39 is 0 Å². The number of ether oxygens (including phenoxy) is 2. The highest BCUT2D eigenvalue weighted by Crippen LogP contribution is 2.14. The highest BCUT2D eigenvalue weighted by Gasteiger charge is 2.07. The van der Waals surface area contributed by atoms with E-state index in [0.717, 1.165) is 28.3 Å². The van der Waals surface area contributed by atoms with Crippen LogP contribution in [0.3, 0.4) is 0 Å². The minimum atomic E-state index is -0.211. The first kappa shape index (κ1) is 19.2. The van der Waals surface area contributed by atoms with Crippen LogP contribution in [0.2, 0.25) is 0 Å². The first-order valence-electron chi connectivity index (χ1n) is 8.92. The van der Waals surface area contributed by atoms with Crippen molar-refractivity contribution in [2.45, 2.75) is 13.1 Å². The summed E-state index contributed by atoms with van der Waals surface area (Å²) in [6, 6.07) is 19.0. The third-order valence-electron chi connectivity index (χ3n) is 4.26. The molecule has 0 saturated carbocycles. The number of methoxy groups -OCH3 is 2. The summed E-state index contributed by atoms with van der Waals surface area (Å²) < 4.78 is 10.3. The summed E-state index contributed by atoms with van der Waals surface area (Å²) in [6.07, 6.45) is 1.66. The van der Waals surface area contributed by atoms with Crippen molar-refractivity contribution >= 4 is 11.6 Å². The third kappa shape index (κ3) is 5.23. The van der Waals surface area contributed by atoms with Gasteiger partial charge in [0.15, 0.2) is 0 Å². The number of hydrogen-bond donors (Lipinski definition) is 2. The van der Waals surface area contributed by atoms with Gasteiger partial charge in [0.1, 0.15) is 17.2 Å². The number of amides is 1. The number of pyridine rings is 1. The van der Waals surface area contributed by atoms with Crippen LogP contribution >= 0.6 is 0 Å². The van der Waals surface area contributed by atoms with E-state index in [2.05, 4.69) is 15.6 Å². The van der Waals surface area contributed by atoms with E-state index in [-0.39, 0.29) is 5.91 Å². The van der Waals surface area contributed by atoms with Gasteiger partial charge in [0.2, 0.25) is 0 Å². The van der Waals surface area contributed by atoms with Crippen LogP contribution < -0.4 is 20.1 Å². The minimum absolute atomic E-state index is 0.211. The molecule has 0 unspecified atom stereocenters. The Bertz CT molecular complexity index is 892. The molecule has 0 bridgehead atoms. The summed E-state index contributed by atoms with van der Waals surface area (Å²) in [7, 11) is 3.27. The van der Waals surface area contributed by atoms with Gasteiger partial charge in [-0.2, -0.15) is 0 Å². The summed E-state index contributed by atoms with van der Waals surface area (Å²) in [6.45, 7) is 1.09. The van der Waals surface area contributed by atoms with E-state index in [1.165, 1.54) is 0 Å². The highest BCUT2D eigenvalue weighted by atomic mass is 16.5. The number of carbonyl (C=O) groups excluding carboxylic acids is 1. The van der Waals surface area contributed by atoms with Crippen molar-refractivity contribution in [1.82, 2.24) is 10.3 Å². The zero-order valence-corrected chi connectivity index (χ0v) is 15.9. The zero-order valence-electron chi connectivity index (χ0n) is 15.9. The summed E-state index contributed by atoms with van der Waals surface area (Å²) in [5, 5.41) is 6.15. The molecule has 1 aromatic heterocycles. The molecule has 6 nitrogen and oxygen atoms in total. The number of rotatable bonds is 8. The predicted molar refractivity (Wildman–Crippen MR) is 109 cm³/mol. The van der Waals surface area contributed by atoms with Gasteiger partial charge in [-0.3, -0.25) is 4.79 Å². The smallest absolute Gasteiger partial charge is 0.270 e. The van der Waals surface area contributed by atoms with Crippen LogP contribution in [0.25, 0.3) is 0 Å². The van der Waals surface area contributed by atoms with E-state index in [4.69, 9.17) is 9.47 Å². The summed E-state index contributed by atoms with van der Waals surface area (Å²) in [4.78, 5) is 16.5. The van der Waals surface area contributed by atoms with E-state index in [1.54, 1.807) is 26.5 Å². The molecule has 3 rings (SSSR count). The predicted octanol–water partition coefficient (Wildman–Crippen LogP) is 3.64. The lowest BCUT2D eigenvalue weighted by Gasteiger charge is -2.09. The summed E-state index contributed by atoms with van der Waals surface area (Å²) in [5.74, 6) is 1.41. The molecule has 0 radical (unpaired) electrons. The minimum Gasteiger partial charge on any atom is -0.497 e. The number of aromatic nitrogens is 1. The van der Waals surface area contributed by atoms with Crippen LogP contribution in [0.15, 0.2) is 66.9 Å². The first-order chi connectivity index (χ1) is 13.7. The average molecular weight is 377 g/mol. The summed E-state index contributed by atoms with van der Waals surface area (Å²) in [5.41, 5.74) is 3.35. The largest absolute Gasteiger partial charge is 0.497 e. The molecule has 0 aliphatic carbocycles. The number of anilines is 1. The maximum Gasteiger partial charge on any atom is 0.270 e. The molecule has 1 heterocycles. The zero-order chi connectivity index (χ0) is 19.8. The first-order valence-corrected chi connectivity index (χ1v) is 8.92. The van der Waals surface area contributed by atoms with Gasteiger partial charge in [-0.15, -0.1) is 0 Å². The number of nitrogens with zero attached hydrogens (tertiary/aromatic N) is 1. The van der Waals surface area contributed by atoms with Crippen molar-refractivity contribution in [2.75, 3.05) is 19.5 Å². The molecule has 2 N–H and O–H groups in total. The molecular formula is C22H23N3O3. The molecule has 28 heavy (non-hydrogen) atoms. The van der Waals surface area contributed by atoms with Crippen molar-refractivity contribution in [3.05, 3.63) is 83.7 Å². The Morgan fingerprint density at radius 2 is 1.39 bits per heavy atom. The lowest BCUT2D eigenvalue weighted by atomic mass is 10.2. The van der Waals surface area contributed by atoms with Crippen molar-refractivity contribution < 1.29 is 14.3 Å². The quantitative estimate of drug-likeness (QED) is 0.627. The van der Waals surface area contributed by atoms with Crippen LogP contribution in [0.4, 0.5) is 5.69 Å². The fraction of sp³-hybridized carbons (Fsp3) is 0.182. The second-order valence-corrected chi connectivity index (χ2v) is 6.16. The Hall–Kier alpha value is -3.54. The monoisotopic (exact) mass is 377 g/mol. The van der Waals surface area contributed by atoms with Gasteiger partial charge in [0, 0.05) is 13.1 Å². The standard InChI is InChI=1S/C22H23N3O3/c1-27-19-8-3-16(4-9-19)13-23-18-7-12-21(24-15-18)22(26)25-14-17-5-10-20(28-2)11-6-17/h3-12,15,23H,13-14H2,1-2H3,(H,25,26). The molecular weight excluding hydrogens is 354 g/mol. The Balaban J connectivity index is 1.50. The highest BCUT2D eigenvalue weighted by molar-refractivity contribution is 5.92. The van der Waals surface area contributed by atoms with Crippen molar-refractivity contribution in [2.24, 2.45) is 0 Å². The van der Waals surface area contributed by atoms with Crippen LogP contribution in [0.1, 0.15) is 21.6 Å². The second kappa shape index (κ2) is 9.41. The van der Waals surface area contributed by atoms with Gasteiger partial charge >= 0.3 is 0 Å². The van der Waals surface area contributed by atoms with Crippen molar-refractivity contribution in [1.29, 1.82) is 0 Å². The topological polar surface area (TPSA) is 72.5 Å². The fourth-order valence-electron chi connectivity index (χ4n) is 2.60. The lowest BCUT2D eigenvalue weighted by Crippen LogP contribution is -2.23. The molecule has 3 aromatic rings. The van der Waals surface area contributed by atoms with Gasteiger partial charge in [-0.25, -0.2) is 4.98 Å². The van der Waals surface area contributed by atoms with Crippen molar-refractivity contribution in [3.8, 4) is 11.5 Å².